The van der Waals surface area contributed by atoms with Crippen LogP contribution in [-0.2, 0) is 0 Å². The van der Waals surface area contributed by atoms with Gasteiger partial charge in [-0.05, 0) is 34.1 Å². The Bertz CT molecular complexity index is 775. The lowest BCUT2D eigenvalue weighted by atomic mass is 9.79. The van der Waals surface area contributed by atoms with Gasteiger partial charge in [-0.1, -0.05) is 36.4 Å². The fraction of sp³-hybridized carbons (Fsp3) is 0. The number of aromatic nitrogens is 1. The fourth-order valence-corrected chi connectivity index (χ4v) is 2.26. The maximum Gasteiger partial charge on any atom is 0.488 e. The highest BCUT2D eigenvalue weighted by molar-refractivity contribution is 6.58. The highest BCUT2D eigenvalue weighted by Gasteiger charge is 2.11. The number of nitrogens with zero attached hydrogens (tertiary/aromatic N) is 1. The Kier molecular flexibility index (Phi) is 3.14. The molecule has 1 aromatic heterocycles. The first-order valence-electron chi connectivity index (χ1n) is 6.26. The van der Waals surface area contributed by atoms with Crippen molar-refractivity contribution in [3.8, 4) is 11.1 Å². The summed E-state index contributed by atoms with van der Waals surface area (Å²) in [6.07, 6.45) is 1.68. The van der Waals surface area contributed by atoms with Crippen molar-refractivity contribution in [2.45, 2.75) is 0 Å². The Labute approximate surface area is 116 Å². The van der Waals surface area contributed by atoms with Gasteiger partial charge in [-0.15, -0.1) is 0 Å². The third kappa shape index (κ3) is 2.24. The minimum Gasteiger partial charge on any atom is -0.423 e. The van der Waals surface area contributed by atoms with Gasteiger partial charge >= 0.3 is 7.12 Å². The van der Waals surface area contributed by atoms with Crippen molar-refractivity contribution in [2.75, 3.05) is 5.73 Å². The van der Waals surface area contributed by atoms with Crippen molar-refractivity contribution >= 4 is 29.2 Å². The summed E-state index contributed by atoms with van der Waals surface area (Å²) in [6, 6.07) is 15.0. The van der Waals surface area contributed by atoms with E-state index < -0.39 is 7.12 Å². The van der Waals surface area contributed by atoms with E-state index in [1.165, 1.54) is 0 Å². The molecule has 0 fully saturated rings. The monoisotopic (exact) mass is 264 g/mol. The molecule has 20 heavy (non-hydrogen) atoms. The number of nitrogens with two attached hydrogens (primary N) is 1. The van der Waals surface area contributed by atoms with Crippen LogP contribution >= 0.6 is 0 Å². The minimum atomic E-state index is -1.46. The summed E-state index contributed by atoms with van der Waals surface area (Å²) >= 11 is 0. The summed E-state index contributed by atoms with van der Waals surface area (Å²) < 4.78 is 0. The third-order valence-electron chi connectivity index (χ3n) is 3.31. The molecule has 0 bridgehead atoms. The van der Waals surface area contributed by atoms with E-state index in [1.54, 1.807) is 24.4 Å². The molecule has 0 amide bonds. The van der Waals surface area contributed by atoms with E-state index in [0.717, 1.165) is 21.9 Å². The predicted molar refractivity (Wildman–Crippen MR) is 81.4 cm³/mol. The van der Waals surface area contributed by atoms with Crippen LogP contribution in [0, 0.1) is 0 Å². The Morgan fingerprint density at radius 2 is 1.75 bits per heavy atom. The maximum atomic E-state index is 9.23. The van der Waals surface area contributed by atoms with E-state index in [9.17, 15) is 10.0 Å². The summed E-state index contributed by atoms with van der Waals surface area (Å²) in [4.78, 5) is 4.06. The van der Waals surface area contributed by atoms with Crippen LogP contribution in [0.2, 0.25) is 0 Å². The zero-order valence-electron chi connectivity index (χ0n) is 10.7. The molecule has 3 rings (SSSR count). The zero-order valence-corrected chi connectivity index (χ0v) is 10.7. The second kappa shape index (κ2) is 4.96. The fourth-order valence-electron chi connectivity index (χ4n) is 2.26. The van der Waals surface area contributed by atoms with Gasteiger partial charge in [0.15, 0.2) is 0 Å². The number of fused-ring (bicyclic) bond motifs is 1. The van der Waals surface area contributed by atoms with Crippen LogP contribution < -0.4 is 11.2 Å². The van der Waals surface area contributed by atoms with Crippen LogP contribution in [0.5, 0.6) is 0 Å². The van der Waals surface area contributed by atoms with Crippen LogP contribution in [0.25, 0.3) is 21.9 Å². The molecular weight excluding hydrogens is 251 g/mol. The maximum absolute atomic E-state index is 9.23. The van der Waals surface area contributed by atoms with E-state index in [2.05, 4.69) is 4.98 Å². The van der Waals surface area contributed by atoms with Gasteiger partial charge in [0.2, 0.25) is 0 Å². The summed E-state index contributed by atoms with van der Waals surface area (Å²) in [5.74, 6) is 0.508. The molecule has 0 aliphatic heterocycles. The van der Waals surface area contributed by atoms with Crippen LogP contribution in [0.15, 0.2) is 54.7 Å². The molecule has 0 spiro atoms. The van der Waals surface area contributed by atoms with E-state index in [1.807, 2.05) is 30.3 Å². The molecule has 1 heterocycles. The molecule has 0 saturated heterocycles. The first-order valence-corrected chi connectivity index (χ1v) is 6.26. The standard InChI is InChI=1S/C15H13BN2O2/c17-15-14-5-4-11(8-12(14)6-7-18-15)10-2-1-3-13(9-10)16(19)20/h1-9,19-20H,(H2,17,18). The molecule has 2 aromatic carbocycles. The number of benzene rings is 2. The lowest BCUT2D eigenvalue weighted by Crippen LogP contribution is -2.29. The highest BCUT2D eigenvalue weighted by Crippen LogP contribution is 2.25. The Balaban J connectivity index is 2.13. The molecule has 0 aliphatic rings. The topological polar surface area (TPSA) is 79.4 Å². The Hall–Kier alpha value is -2.37. The summed E-state index contributed by atoms with van der Waals surface area (Å²) in [5, 5.41) is 20.4. The molecular formula is C15H13BN2O2. The average molecular weight is 264 g/mol. The van der Waals surface area contributed by atoms with Gasteiger partial charge in [-0.25, -0.2) is 4.98 Å². The molecule has 98 valence electrons. The zero-order chi connectivity index (χ0) is 14.1. The average Bonchev–Trinajstić information content (AvgIpc) is 2.47. The van der Waals surface area contributed by atoms with E-state index in [0.29, 0.717) is 11.3 Å². The van der Waals surface area contributed by atoms with Gasteiger partial charge in [0.05, 0.1) is 0 Å². The molecule has 0 saturated carbocycles. The number of hydrogen-bond donors (Lipinski definition) is 3. The third-order valence-corrected chi connectivity index (χ3v) is 3.31. The van der Waals surface area contributed by atoms with Gasteiger partial charge in [0, 0.05) is 11.6 Å². The first kappa shape index (κ1) is 12.7. The highest BCUT2D eigenvalue weighted by atomic mass is 16.4. The minimum absolute atomic E-state index is 0.469. The van der Waals surface area contributed by atoms with Crippen molar-refractivity contribution in [2.24, 2.45) is 0 Å². The van der Waals surface area contributed by atoms with Crippen LogP contribution in [0.3, 0.4) is 0 Å². The molecule has 0 atom stereocenters. The summed E-state index contributed by atoms with van der Waals surface area (Å²) in [5.41, 5.74) is 8.22. The number of anilines is 1. The molecule has 0 unspecified atom stereocenters. The lowest BCUT2D eigenvalue weighted by molar-refractivity contribution is 0.426. The second-order valence-electron chi connectivity index (χ2n) is 4.63. The van der Waals surface area contributed by atoms with Gasteiger partial charge in [0.25, 0.3) is 0 Å². The van der Waals surface area contributed by atoms with Crippen LogP contribution in [0.4, 0.5) is 5.82 Å². The Morgan fingerprint density at radius 3 is 2.55 bits per heavy atom. The normalized spacial score (nSPS) is 10.7. The van der Waals surface area contributed by atoms with Gasteiger partial charge in [-0.3, -0.25) is 0 Å². The van der Waals surface area contributed by atoms with E-state index in [4.69, 9.17) is 5.73 Å². The number of nitrogen functional groups attached to an aromatic ring is 1. The molecule has 3 aromatic rings. The number of hydrogen-bond acceptors (Lipinski definition) is 4. The SMILES string of the molecule is Nc1nccc2cc(-c3cccc(B(O)O)c3)ccc12. The van der Waals surface area contributed by atoms with Crippen LogP contribution in [0.1, 0.15) is 0 Å². The number of pyridine rings is 1. The van der Waals surface area contributed by atoms with Gasteiger partial charge < -0.3 is 15.8 Å². The second-order valence-corrected chi connectivity index (χ2v) is 4.63. The van der Waals surface area contributed by atoms with Crippen molar-refractivity contribution in [3.05, 3.63) is 54.7 Å². The van der Waals surface area contributed by atoms with Crippen molar-refractivity contribution in [1.29, 1.82) is 0 Å². The Morgan fingerprint density at radius 1 is 0.950 bits per heavy atom. The van der Waals surface area contributed by atoms with E-state index >= 15 is 0 Å². The smallest absolute Gasteiger partial charge is 0.423 e. The van der Waals surface area contributed by atoms with Gasteiger partial charge in [-0.2, -0.15) is 0 Å². The molecule has 4 N–H and O–H groups in total. The summed E-state index contributed by atoms with van der Waals surface area (Å²) in [6.45, 7) is 0. The van der Waals surface area contributed by atoms with E-state index in [-0.39, 0.29) is 0 Å². The molecule has 4 nitrogen and oxygen atoms in total. The van der Waals surface area contributed by atoms with Crippen LogP contribution in [-0.4, -0.2) is 22.2 Å². The lowest BCUT2D eigenvalue weighted by Gasteiger charge is -2.07. The molecule has 0 radical (unpaired) electrons. The quantitative estimate of drug-likeness (QED) is 0.607. The molecule has 5 heteroatoms. The molecule has 0 aliphatic carbocycles. The summed E-state index contributed by atoms with van der Waals surface area (Å²) in [7, 11) is -1.46. The van der Waals surface area contributed by atoms with Gasteiger partial charge in [0.1, 0.15) is 5.82 Å². The van der Waals surface area contributed by atoms with Crippen molar-refractivity contribution < 1.29 is 10.0 Å². The van der Waals surface area contributed by atoms with Crippen molar-refractivity contribution in [3.63, 3.8) is 0 Å². The van der Waals surface area contributed by atoms with Crippen molar-refractivity contribution in [1.82, 2.24) is 4.98 Å². The first-order chi connectivity index (χ1) is 9.65. The predicted octanol–water partition coefficient (Wildman–Crippen LogP) is 1.16. The number of rotatable bonds is 2. The largest absolute Gasteiger partial charge is 0.488 e.